The number of rotatable bonds is 2. The van der Waals surface area contributed by atoms with Gasteiger partial charge in [-0.1, -0.05) is 0 Å². The first-order valence-corrected chi connectivity index (χ1v) is 6.09. The van der Waals surface area contributed by atoms with E-state index in [2.05, 4.69) is 31.9 Å². The zero-order chi connectivity index (χ0) is 9.97. The summed E-state index contributed by atoms with van der Waals surface area (Å²) in [6.07, 6.45) is 4.40. The molecule has 14 heavy (non-hydrogen) atoms. The average Bonchev–Trinajstić information content (AvgIpc) is 2.71. The number of alkyl halides is 1. The number of hydrogen-bond acceptors (Lipinski definition) is 2. The summed E-state index contributed by atoms with van der Waals surface area (Å²) in [5, 5.41) is 0. The predicted molar refractivity (Wildman–Crippen MR) is 62.9 cm³/mol. The molecule has 1 aliphatic rings. The lowest BCUT2D eigenvalue weighted by molar-refractivity contribution is 0.949. The van der Waals surface area contributed by atoms with Crippen molar-refractivity contribution in [2.75, 3.05) is 18.0 Å². The minimum atomic E-state index is 0.480. The molecule has 4 heteroatoms. The molecule has 0 amide bonds. The second-order valence-corrected chi connectivity index (χ2v) is 4.58. The van der Waals surface area contributed by atoms with Gasteiger partial charge in [-0.25, -0.2) is 0 Å². The Bertz CT molecular complexity index is 324. The van der Waals surface area contributed by atoms with Crippen molar-refractivity contribution in [1.29, 1.82) is 0 Å². The normalized spacial score (nSPS) is 16.3. The van der Waals surface area contributed by atoms with E-state index in [1.807, 2.05) is 6.20 Å². The van der Waals surface area contributed by atoms with E-state index in [0.29, 0.717) is 5.88 Å². The minimum Gasteiger partial charge on any atom is -0.371 e. The SMILES string of the molecule is ClCc1cc(N2CCCC2)c(Br)cn1. The highest BCUT2D eigenvalue weighted by Crippen LogP contribution is 2.29. The summed E-state index contributed by atoms with van der Waals surface area (Å²) < 4.78 is 1.06. The smallest absolute Gasteiger partial charge is 0.0648 e. The fourth-order valence-electron chi connectivity index (χ4n) is 1.74. The molecule has 0 aliphatic carbocycles. The molecular weight excluding hydrogens is 263 g/mol. The number of hydrogen-bond donors (Lipinski definition) is 0. The largest absolute Gasteiger partial charge is 0.371 e. The summed E-state index contributed by atoms with van der Waals surface area (Å²) >= 11 is 9.28. The second kappa shape index (κ2) is 4.49. The highest BCUT2D eigenvalue weighted by atomic mass is 79.9. The molecule has 1 aromatic rings. The average molecular weight is 276 g/mol. The number of nitrogens with zero attached hydrogens (tertiary/aromatic N) is 2. The lowest BCUT2D eigenvalue weighted by Crippen LogP contribution is -2.18. The van der Waals surface area contributed by atoms with E-state index in [4.69, 9.17) is 11.6 Å². The molecule has 2 rings (SSSR count). The topological polar surface area (TPSA) is 16.1 Å². The Morgan fingerprint density at radius 1 is 1.43 bits per heavy atom. The van der Waals surface area contributed by atoms with E-state index < -0.39 is 0 Å². The number of halogens is 2. The summed E-state index contributed by atoms with van der Waals surface area (Å²) in [6, 6.07) is 2.07. The Morgan fingerprint density at radius 3 is 2.79 bits per heavy atom. The van der Waals surface area contributed by atoms with E-state index in [1.165, 1.54) is 18.5 Å². The van der Waals surface area contributed by atoms with E-state index in [-0.39, 0.29) is 0 Å². The van der Waals surface area contributed by atoms with Gasteiger partial charge in [0.15, 0.2) is 0 Å². The predicted octanol–water partition coefficient (Wildman–Crippen LogP) is 3.18. The van der Waals surface area contributed by atoms with Crippen LogP contribution in [0.25, 0.3) is 0 Å². The number of anilines is 1. The van der Waals surface area contributed by atoms with Gasteiger partial charge in [-0.3, -0.25) is 4.98 Å². The van der Waals surface area contributed by atoms with Crippen molar-refractivity contribution in [3.8, 4) is 0 Å². The van der Waals surface area contributed by atoms with Crippen LogP contribution in [0.1, 0.15) is 18.5 Å². The van der Waals surface area contributed by atoms with Crippen molar-refractivity contribution >= 4 is 33.2 Å². The third kappa shape index (κ3) is 2.04. The van der Waals surface area contributed by atoms with Crippen LogP contribution < -0.4 is 4.90 Å². The summed E-state index contributed by atoms with van der Waals surface area (Å²) in [5.41, 5.74) is 2.17. The molecule has 0 atom stereocenters. The van der Waals surface area contributed by atoms with Gasteiger partial charge in [-0.2, -0.15) is 0 Å². The van der Waals surface area contributed by atoms with Gasteiger partial charge >= 0.3 is 0 Å². The maximum Gasteiger partial charge on any atom is 0.0648 e. The first-order valence-electron chi connectivity index (χ1n) is 4.76. The van der Waals surface area contributed by atoms with E-state index >= 15 is 0 Å². The first kappa shape index (κ1) is 10.2. The fourth-order valence-corrected chi connectivity index (χ4v) is 2.36. The van der Waals surface area contributed by atoms with Crippen LogP contribution >= 0.6 is 27.5 Å². The van der Waals surface area contributed by atoms with Gasteiger partial charge in [0.2, 0.25) is 0 Å². The molecule has 2 heterocycles. The van der Waals surface area contributed by atoms with Crippen LogP contribution in [-0.2, 0) is 5.88 Å². The van der Waals surface area contributed by atoms with Crippen molar-refractivity contribution < 1.29 is 0 Å². The molecule has 0 N–H and O–H groups in total. The lowest BCUT2D eigenvalue weighted by atomic mass is 10.3. The summed E-state index contributed by atoms with van der Waals surface area (Å²) in [4.78, 5) is 6.60. The Kier molecular flexibility index (Phi) is 3.29. The first-order chi connectivity index (χ1) is 6.81. The van der Waals surface area contributed by atoms with Crippen LogP contribution in [0.2, 0.25) is 0 Å². The molecule has 0 aromatic carbocycles. The Morgan fingerprint density at radius 2 is 2.14 bits per heavy atom. The molecule has 76 valence electrons. The van der Waals surface area contributed by atoms with Crippen molar-refractivity contribution in [3.63, 3.8) is 0 Å². The van der Waals surface area contributed by atoms with Crippen LogP contribution in [0.4, 0.5) is 5.69 Å². The quantitative estimate of drug-likeness (QED) is 0.771. The molecule has 1 saturated heterocycles. The number of aromatic nitrogens is 1. The van der Waals surface area contributed by atoms with Crippen molar-refractivity contribution in [3.05, 3.63) is 22.4 Å². The van der Waals surface area contributed by atoms with Crippen LogP contribution in [0, 0.1) is 0 Å². The van der Waals surface area contributed by atoms with Crippen molar-refractivity contribution in [1.82, 2.24) is 4.98 Å². The maximum absolute atomic E-state index is 5.76. The standard InChI is InChI=1S/C10H12BrClN2/c11-9-7-13-8(6-12)5-10(9)14-3-1-2-4-14/h5,7H,1-4,6H2. The van der Waals surface area contributed by atoms with Crippen LogP contribution in [0.15, 0.2) is 16.7 Å². The fraction of sp³-hybridized carbons (Fsp3) is 0.500. The highest BCUT2D eigenvalue weighted by Gasteiger charge is 2.15. The van der Waals surface area contributed by atoms with Gasteiger partial charge in [0, 0.05) is 19.3 Å². The molecule has 1 aromatic heterocycles. The van der Waals surface area contributed by atoms with Crippen molar-refractivity contribution in [2.45, 2.75) is 18.7 Å². The summed E-state index contributed by atoms with van der Waals surface area (Å²) in [6.45, 7) is 2.29. The third-order valence-corrected chi connectivity index (χ3v) is 3.36. The second-order valence-electron chi connectivity index (χ2n) is 3.45. The molecule has 1 fully saturated rings. The van der Waals surface area contributed by atoms with Gasteiger partial charge in [0.1, 0.15) is 0 Å². The maximum atomic E-state index is 5.76. The van der Waals surface area contributed by atoms with Crippen LogP contribution in [0.3, 0.4) is 0 Å². The highest BCUT2D eigenvalue weighted by molar-refractivity contribution is 9.10. The Labute approximate surface area is 97.4 Å². The number of pyridine rings is 1. The van der Waals surface area contributed by atoms with E-state index in [9.17, 15) is 0 Å². The zero-order valence-corrected chi connectivity index (χ0v) is 10.2. The molecule has 2 nitrogen and oxygen atoms in total. The van der Waals surface area contributed by atoms with Gasteiger partial charge < -0.3 is 4.90 Å². The molecule has 0 spiro atoms. The molecule has 1 aliphatic heterocycles. The van der Waals surface area contributed by atoms with Crippen LogP contribution in [-0.4, -0.2) is 18.1 Å². The Hall–Kier alpha value is -0.280. The zero-order valence-electron chi connectivity index (χ0n) is 7.84. The molecule has 0 radical (unpaired) electrons. The third-order valence-electron chi connectivity index (χ3n) is 2.48. The van der Waals surface area contributed by atoms with Crippen molar-refractivity contribution in [2.24, 2.45) is 0 Å². The lowest BCUT2D eigenvalue weighted by Gasteiger charge is -2.19. The molecular formula is C10H12BrClN2. The molecule has 0 unspecified atom stereocenters. The summed E-state index contributed by atoms with van der Waals surface area (Å²) in [7, 11) is 0. The van der Waals surface area contributed by atoms with Gasteiger partial charge in [-0.15, -0.1) is 11.6 Å². The Balaban J connectivity index is 2.29. The summed E-state index contributed by atoms with van der Waals surface area (Å²) in [5.74, 6) is 0.480. The minimum absolute atomic E-state index is 0.480. The van der Waals surface area contributed by atoms with Gasteiger partial charge in [0.05, 0.1) is 21.7 Å². The van der Waals surface area contributed by atoms with E-state index in [1.54, 1.807) is 0 Å². The molecule has 0 saturated carbocycles. The van der Waals surface area contributed by atoms with E-state index in [0.717, 1.165) is 23.3 Å². The molecule has 0 bridgehead atoms. The monoisotopic (exact) mass is 274 g/mol. The van der Waals surface area contributed by atoms with Crippen LogP contribution in [0.5, 0.6) is 0 Å². The van der Waals surface area contributed by atoms with Gasteiger partial charge in [-0.05, 0) is 34.8 Å². The van der Waals surface area contributed by atoms with Gasteiger partial charge in [0.25, 0.3) is 0 Å².